The predicted molar refractivity (Wildman–Crippen MR) is 72.0 cm³/mol. The summed E-state index contributed by atoms with van der Waals surface area (Å²) in [5.74, 6) is -1.04. The number of aryl methyl sites for hydroxylation is 1. The minimum Gasteiger partial charge on any atom is -0.481 e. The molecule has 1 amide bonds. The van der Waals surface area contributed by atoms with Crippen molar-refractivity contribution in [2.45, 2.75) is 44.2 Å². The van der Waals surface area contributed by atoms with Crippen LogP contribution in [0, 0.1) is 5.92 Å². The van der Waals surface area contributed by atoms with E-state index in [9.17, 15) is 14.7 Å². The van der Waals surface area contributed by atoms with Crippen molar-refractivity contribution in [3.05, 3.63) is 30.1 Å². The molecule has 5 heteroatoms. The number of hydrogen-bond acceptors (Lipinski definition) is 3. The summed E-state index contributed by atoms with van der Waals surface area (Å²) in [4.78, 5) is 29.4. The third-order valence-corrected chi connectivity index (χ3v) is 4.49. The van der Waals surface area contributed by atoms with Crippen molar-refractivity contribution in [3.63, 3.8) is 0 Å². The van der Waals surface area contributed by atoms with Gasteiger partial charge in [-0.2, -0.15) is 0 Å². The van der Waals surface area contributed by atoms with Gasteiger partial charge in [0.25, 0.3) is 0 Å². The zero-order valence-electron chi connectivity index (χ0n) is 11.2. The molecule has 2 saturated heterocycles. The number of carbonyl (C=O) groups is 2. The number of aromatic nitrogens is 1. The Labute approximate surface area is 117 Å². The van der Waals surface area contributed by atoms with Gasteiger partial charge in [-0.1, -0.05) is 6.07 Å². The van der Waals surface area contributed by atoms with Gasteiger partial charge in [0.15, 0.2) is 0 Å². The number of hydrogen-bond donors (Lipinski definition) is 1. The minimum atomic E-state index is -0.762. The number of pyridine rings is 1. The average Bonchev–Trinajstić information content (AvgIpc) is 3.03. The molecule has 3 rings (SSSR count). The molecule has 0 saturated carbocycles. The number of nitrogens with zero attached hydrogens (tertiary/aromatic N) is 2. The van der Waals surface area contributed by atoms with Crippen LogP contribution in [0.4, 0.5) is 0 Å². The summed E-state index contributed by atoms with van der Waals surface area (Å²) in [6, 6.07) is 3.88. The number of carbonyl (C=O) groups excluding carboxylic acids is 1. The van der Waals surface area contributed by atoms with Crippen molar-refractivity contribution >= 4 is 11.9 Å². The van der Waals surface area contributed by atoms with E-state index in [1.54, 1.807) is 12.4 Å². The molecule has 5 nitrogen and oxygen atoms in total. The summed E-state index contributed by atoms with van der Waals surface area (Å²) in [5.41, 5.74) is 1.04. The Morgan fingerprint density at radius 2 is 2.25 bits per heavy atom. The van der Waals surface area contributed by atoms with Crippen LogP contribution in [0.2, 0.25) is 0 Å². The Morgan fingerprint density at radius 1 is 1.40 bits per heavy atom. The summed E-state index contributed by atoms with van der Waals surface area (Å²) < 4.78 is 0. The van der Waals surface area contributed by atoms with Gasteiger partial charge in [0.1, 0.15) is 0 Å². The van der Waals surface area contributed by atoms with Gasteiger partial charge in [-0.3, -0.25) is 14.6 Å². The van der Waals surface area contributed by atoms with Crippen LogP contribution in [-0.2, 0) is 16.0 Å². The zero-order valence-corrected chi connectivity index (χ0v) is 11.2. The molecule has 2 fully saturated rings. The molecule has 2 bridgehead atoms. The maximum Gasteiger partial charge on any atom is 0.308 e. The van der Waals surface area contributed by atoms with E-state index >= 15 is 0 Å². The molecule has 1 aromatic rings. The molecule has 3 unspecified atom stereocenters. The highest BCUT2D eigenvalue weighted by molar-refractivity contribution is 5.80. The van der Waals surface area contributed by atoms with Crippen LogP contribution in [0.15, 0.2) is 24.5 Å². The van der Waals surface area contributed by atoms with Crippen molar-refractivity contribution in [1.29, 1.82) is 0 Å². The second-order valence-electron chi connectivity index (χ2n) is 5.64. The van der Waals surface area contributed by atoms with Gasteiger partial charge in [-0.15, -0.1) is 0 Å². The molecule has 20 heavy (non-hydrogen) atoms. The smallest absolute Gasteiger partial charge is 0.308 e. The lowest BCUT2D eigenvalue weighted by molar-refractivity contribution is -0.143. The fraction of sp³-hybridized carbons (Fsp3) is 0.533. The second-order valence-corrected chi connectivity index (χ2v) is 5.64. The van der Waals surface area contributed by atoms with Gasteiger partial charge in [-0.25, -0.2) is 0 Å². The van der Waals surface area contributed by atoms with Crippen LogP contribution in [-0.4, -0.2) is 39.0 Å². The largest absolute Gasteiger partial charge is 0.481 e. The van der Waals surface area contributed by atoms with Crippen molar-refractivity contribution in [1.82, 2.24) is 9.88 Å². The second kappa shape index (κ2) is 5.23. The summed E-state index contributed by atoms with van der Waals surface area (Å²) in [6.07, 6.45) is 6.99. The van der Waals surface area contributed by atoms with Crippen molar-refractivity contribution in [2.75, 3.05) is 0 Å². The first-order valence-corrected chi connectivity index (χ1v) is 7.09. The third-order valence-electron chi connectivity index (χ3n) is 4.49. The minimum absolute atomic E-state index is 0.0844. The first kappa shape index (κ1) is 13.1. The number of fused-ring (bicyclic) bond motifs is 2. The Bertz CT molecular complexity index is 517. The molecule has 0 aliphatic carbocycles. The zero-order chi connectivity index (χ0) is 14.1. The highest BCUT2D eigenvalue weighted by Crippen LogP contribution is 2.42. The molecule has 0 aromatic carbocycles. The van der Waals surface area contributed by atoms with E-state index in [0.29, 0.717) is 19.3 Å². The molecule has 2 aliphatic heterocycles. The Hall–Kier alpha value is -1.91. The number of carboxylic acids is 1. The van der Waals surface area contributed by atoms with Gasteiger partial charge in [0.2, 0.25) is 5.91 Å². The SMILES string of the molecule is O=C(O)C1CC2CCC1N2C(=O)CCc1cccnc1. The van der Waals surface area contributed by atoms with Crippen molar-refractivity contribution in [2.24, 2.45) is 5.92 Å². The molecule has 3 heterocycles. The van der Waals surface area contributed by atoms with Crippen LogP contribution in [0.5, 0.6) is 0 Å². The molecular formula is C15H18N2O3. The molecule has 1 N–H and O–H groups in total. The Morgan fingerprint density at radius 3 is 2.90 bits per heavy atom. The van der Waals surface area contributed by atoms with E-state index in [-0.39, 0.29) is 23.9 Å². The van der Waals surface area contributed by atoms with Crippen LogP contribution in [0.1, 0.15) is 31.2 Å². The lowest BCUT2D eigenvalue weighted by Crippen LogP contribution is -2.37. The van der Waals surface area contributed by atoms with Gasteiger partial charge in [0.05, 0.1) is 5.92 Å². The first-order chi connectivity index (χ1) is 9.66. The first-order valence-electron chi connectivity index (χ1n) is 7.09. The normalized spacial score (nSPS) is 27.8. The average molecular weight is 274 g/mol. The van der Waals surface area contributed by atoms with E-state index in [1.807, 2.05) is 17.0 Å². The lowest BCUT2D eigenvalue weighted by Gasteiger charge is -2.23. The number of carboxylic acid groups (broad SMARTS) is 1. The van der Waals surface area contributed by atoms with Gasteiger partial charge in [0, 0.05) is 30.9 Å². The summed E-state index contributed by atoms with van der Waals surface area (Å²) in [6.45, 7) is 0. The Balaban J connectivity index is 1.62. The molecule has 0 radical (unpaired) electrons. The highest BCUT2D eigenvalue weighted by atomic mass is 16.4. The maximum absolute atomic E-state index is 12.4. The van der Waals surface area contributed by atoms with Crippen molar-refractivity contribution < 1.29 is 14.7 Å². The van der Waals surface area contributed by atoms with E-state index in [0.717, 1.165) is 18.4 Å². The third kappa shape index (κ3) is 2.28. The summed E-state index contributed by atoms with van der Waals surface area (Å²) in [5, 5.41) is 9.20. The summed E-state index contributed by atoms with van der Waals surface area (Å²) in [7, 11) is 0. The van der Waals surface area contributed by atoms with E-state index in [1.165, 1.54) is 0 Å². The fourth-order valence-corrected chi connectivity index (χ4v) is 3.57. The predicted octanol–water partition coefficient (Wildman–Crippen LogP) is 1.48. The molecule has 106 valence electrons. The monoisotopic (exact) mass is 274 g/mol. The van der Waals surface area contributed by atoms with Crippen LogP contribution in [0.3, 0.4) is 0 Å². The van der Waals surface area contributed by atoms with E-state index in [2.05, 4.69) is 4.98 Å². The van der Waals surface area contributed by atoms with Crippen LogP contribution in [0.25, 0.3) is 0 Å². The number of amides is 1. The number of rotatable bonds is 4. The highest BCUT2D eigenvalue weighted by Gasteiger charge is 2.50. The molecular weight excluding hydrogens is 256 g/mol. The van der Waals surface area contributed by atoms with Crippen LogP contribution >= 0.6 is 0 Å². The fourth-order valence-electron chi connectivity index (χ4n) is 3.57. The quantitative estimate of drug-likeness (QED) is 0.902. The lowest BCUT2D eigenvalue weighted by atomic mass is 9.89. The molecule has 3 atom stereocenters. The topological polar surface area (TPSA) is 70.5 Å². The van der Waals surface area contributed by atoms with Gasteiger partial charge in [-0.05, 0) is 37.3 Å². The summed E-state index contributed by atoms with van der Waals surface area (Å²) >= 11 is 0. The Kier molecular flexibility index (Phi) is 3.42. The standard InChI is InChI=1S/C15H18N2O3/c18-14(6-3-10-2-1-7-16-9-10)17-11-4-5-13(17)12(8-11)15(19)20/h1-2,7,9,11-13H,3-6,8H2,(H,19,20). The molecule has 1 aromatic heterocycles. The maximum atomic E-state index is 12.4. The van der Waals surface area contributed by atoms with Gasteiger partial charge < -0.3 is 10.0 Å². The molecule has 2 aliphatic rings. The van der Waals surface area contributed by atoms with E-state index < -0.39 is 5.97 Å². The van der Waals surface area contributed by atoms with E-state index in [4.69, 9.17) is 0 Å². The number of aliphatic carboxylic acids is 1. The van der Waals surface area contributed by atoms with Crippen LogP contribution < -0.4 is 0 Å². The molecule has 0 spiro atoms. The van der Waals surface area contributed by atoms with Crippen molar-refractivity contribution in [3.8, 4) is 0 Å². The van der Waals surface area contributed by atoms with Gasteiger partial charge >= 0.3 is 5.97 Å².